The predicted octanol–water partition coefficient (Wildman–Crippen LogP) is 3.90. The minimum atomic E-state index is -0.912. The second-order valence-corrected chi connectivity index (χ2v) is 15.5. The van der Waals surface area contributed by atoms with E-state index in [0.29, 0.717) is 36.5 Å². The average Bonchev–Trinajstić information content (AvgIpc) is 3.72. The van der Waals surface area contributed by atoms with Crippen molar-refractivity contribution in [1.29, 1.82) is 0 Å². The lowest BCUT2D eigenvalue weighted by Gasteiger charge is -2.53. The zero-order chi connectivity index (χ0) is 35.8. The number of aromatic amines is 1. The van der Waals surface area contributed by atoms with Gasteiger partial charge in [0.2, 0.25) is 5.56 Å². The van der Waals surface area contributed by atoms with Crippen LogP contribution in [0.1, 0.15) is 69.9 Å². The Morgan fingerprint density at radius 2 is 1.76 bits per heavy atom. The van der Waals surface area contributed by atoms with E-state index in [4.69, 9.17) is 9.47 Å². The van der Waals surface area contributed by atoms with Gasteiger partial charge in [0.25, 0.3) is 0 Å². The van der Waals surface area contributed by atoms with Crippen molar-refractivity contribution in [2.75, 3.05) is 45.9 Å². The topological polar surface area (TPSA) is 124 Å². The number of aliphatic hydroxyl groups is 3. The summed E-state index contributed by atoms with van der Waals surface area (Å²) in [4.78, 5) is 14.2. The quantitative estimate of drug-likeness (QED) is 0.114. The van der Waals surface area contributed by atoms with E-state index in [-0.39, 0.29) is 29.0 Å². The Balaban J connectivity index is 0.940. The molecule has 3 saturated heterocycles. The van der Waals surface area contributed by atoms with Crippen molar-refractivity contribution in [2.24, 2.45) is 11.8 Å². The lowest BCUT2D eigenvalue weighted by Crippen LogP contribution is -2.65. The van der Waals surface area contributed by atoms with Crippen LogP contribution in [0.25, 0.3) is 11.8 Å². The third-order valence-electron chi connectivity index (χ3n) is 12.0. The van der Waals surface area contributed by atoms with Crippen molar-refractivity contribution < 1.29 is 29.3 Å². The number of aromatic nitrogens is 1. The minimum Gasteiger partial charge on any atom is -0.513 e. The molecule has 3 aromatic rings. The summed E-state index contributed by atoms with van der Waals surface area (Å²) in [7, 11) is 0. The molecule has 4 atom stereocenters. The molecule has 51 heavy (non-hydrogen) atoms. The highest BCUT2D eigenvalue weighted by molar-refractivity contribution is 5.46. The van der Waals surface area contributed by atoms with E-state index < -0.39 is 11.7 Å². The molecule has 7 rings (SSSR count). The number of ether oxygens (including phenoxy) is 2. The highest BCUT2D eigenvalue weighted by Gasteiger charge is 2.48. The highest BCUT2D eigenvalue weighted by Crippen LogP contribution is 2.42. The van der Waals surface area contributed by atoms with Gasteiger partial charge in [0.15, 0.2) is 0 Å². The van der Waals surface area contributed by atoms with Crippen LogP contribution in [0, 0.1) is 11.8 Å². The van der Waals surface area contributed by atoms with Crippen molar-refractivity contribution in [3.8, 4) is 5.75 Å². The first-order chi connectivity index (χ1) is 24.7. The van der Waals surface area contributed by atoms with Crippen LogP contribution in [-0.2, 0) is 16.8 Å². The van der Waals surface area contributed by atoms with Gasteiger partial charge in [0.1, 0.15) is 30.3 Å². The first kappa shape index (κ1) is 37.3. The molecule has 276 valence electrons. The summed E-state index contributed by atoms with van der Waals surface area (Å²) in [6.07, 6.45) is 8.99. The number of H-pyrrole nitrogens is 1. The number of quaternary nitrogens is 1. The lowest BCUT2D eigenvalue weighted by molar-refractivity contribution is -0.946. The molecule has 0 amide bonds. The molecule has 2 aromatic carbocycles. The van der Waals surface area contributed by atoms with Crippen LogP contribution in [0.15, 0.2) is 71.5 Å². The van der Waals surface area contributed by atoms with Crippen molar-refractivity contribution in [3.63, 3.8) is 0 Å². The summed E-state index contributed by atoms with van der Waals surface area (Å²) >= 11 is 0. The Hall–Kier alpha value is -3.47. The SMILES string of the molecule is C/C(=c1/ccc(=O)[nH]/c1=C\O)[C@@H](O)CN[C@H](C)Cc1ccc(OCCC[N+]23CCC(CC2)[C@@H](OCC(O)(c2ccccc2)C2CCCC2)C3)cc1. The maximum Gasteiger partial charge on any atom is 0.248 e. The van der Waals surface area contributed by atoms with Gasteiger partial charge in [0.05, 0.1) is 44.3 Å². The third-order valence-corrected chi connectivity index (χ3v) is 12.0. The Bertz CT molecular complexity index is 1730. The molecular formula is C42H58N3O6+. The number of nitrogens with one attached hydrogen (secondary N) is 2. The van der Waals surface area contributed by atoms with Crippen molar-refractivity contribution in [2.45, 2.75) is 89.1 Å². The van der Waals surface area contributed by atoms with E-state index in [9.17, 15) is 20.1 Å². The molecule has 9 heteroatoms. The predicted molar refractivity (Wildman–Crippen MR) is 201 cm³/mol. The lowest BCUT2D eigenvalue weighted by atomic mass is 9.80. The molecule has 4 fully saturated rings. The van der Waals surface area contributed by atoms with Crippen LogP contribution < -0.4 is 26.2 Å². The van der Waals surface area contributed by atoms with Gasteiger partial charge in [-0.25, -0.2) is 0 Å². The molecule has 1 aliphatic carbocycles. The van der Waals surface area contributed by atoms with Gasteiger partial charge in [-0.3, -0.25) is 4.79 Å². The first-order valence-electron chi connectivity index (χ1n) is 19.1. The number of nitrogens with zero attached hydrogens (tertiary/aromatic N) is 1. The normalized spacial score (nSPS) is 25.4. The van der Waals surface area contributed by atoms with Gasteiger partial charge in [-0.2, -0.15) is 0 Å². The van der Waals surface area contributed by atoms with E-state index in [1.807, 2.05) is 30.3 Å². The van der Waals surface area contributed by atoms with Crippen molar-refractivity contribution >= 4 is 11.8 Å². The fourth-order valence-electron chi connectivity index (χ4n) is 8.84. The van der Waals surface area contributed by atoms with Crippen LogP contribution >= 0.6 is 0 Å². The number of fused-ring (bicyclic) bond motifs is 3. The molecule has 0 spiro atoms. The number of aliphatic hydroxyl groups excluding tert-OH is 2. The van der Waals surface area contributed by atoms with E-state index in [1.165, 1.54) is 50.4 Å². The third kappa shape index (κ3) is 9.13. The second-order valence-electron chi connectivity index (χ2n) is 15.5. The zero-order valence-electron chi connectivity index (χ0n) is 30.4. The first-order valence-corrected chi connectivity index (χ1v) is 19.1. The van der Waals surface area contributed by atoms with Gasteiger partial charge in [0, 0.05) is 49.1 Å². The monoisotopic (exact) mass is 700 g/mol. The molecule has 1 saturated carbocycles. The molecule has 4 heterocycles. The smallest absolute Gasteiger partial charge is 0.248 e. The molecule has 9 nitrogen and oxygen atoms in total. The fourth-order valence-corrected chi connectivity index (χ4v) is 8.84. The minimum absolute atomic E-state index is 0.129. The number of hydrogen-bond donors (Lipinski definition) is 5. The van der Waals surface area contributed by atoms with Crippen LogP contribution in [0.2, 0.25) is 0 Å². The highest BCUT2D eigenvalue weighted by atomic mass is 16.5. The Kier molecular flexibility index (Phi) is 12.4. The number of pyridine rings is 1. The summed E-state index contributed by atoms with van der Waals surface area (Å²) in [5.41, 5.74) is 1.63. The molecule has 0 radical (unpaired) electrons. The number of piperidine rings is 3. The Morgan fingerprint density at radius 3 is 2.47 bits per heavy atom. The van der Waals surface area contributed by atoms with E-state index in [1.54, 1.807) is 13.0 Å². The van der Waals surface area contributed by atoms with Gasteiger partial charge in [-0.15, -0.1) is 0 Å². The zero-order valence-corrected chi connectivity index (χ0v) is 30.4. The molecule has 1 aromatic heterocycles. The fraction of sp³-hybridized carbons (Fsp3) is 0.548. The molecule has 5 N–H and O–H groups in total. The Labute approximate surface area is 302 Å². The van der Waals surface area contributed by atoms with Crippen molar-refractivity contribution in [1.82, 2.24) is 10.3 Å². The summed E-state index contributed by atoms with van der Waals surface area (Å²) in [5, 5.41) is 36.6. The van der Waals surface area contributed by atoms with Gasteiger partial charge >= 0.3 is 0 Å². The van der Waals surface area contributed by atoms with E-state index in [0.717, 1.165) is 60.8 Å². The van der Waals surface area contributed by atoms with Gasteiger partial charge < -0.3 is 39.6 Å². The van der Waals surface area contributed by atoms with Crippen LogP contribution in [0.4, 0.5) is 0 Å². The summed E-state index contributed by atoms with van der Waals surface area (Å²) in [5.74, 6) is 1.73. The van der Waals surface area contributed by atoms with Crippen LogP contribution in [0.3, 0.4) is 0 Å². The largest absolute Gasteiger partial charge is 0.513 e. The van der Waals surface area contributed by atoms with Gasteiger partial charge in [-0.1, -0.05) is 55.3 Å². The summed E-state index contributed by atoms with van der Waals surface area (Å²) < 4.78 is 14.0. The molecule has 1 unspecified atom stereocenters. The number of rotatable bonds is 16. The summed E-state index contributed by atoms with van der Waals surface area (Å²) in [6, 6.07) is 21.6. The molecule has 2 bridgehead atoms. The number of hydrogen-bond acceptors (Lipinski definition) is 7. The Morgan fingerprint density at radius 1 is 1.04 bits per heavy atom. The molecular weight excluding hydrogens is 642 g/mol. The average molecular weight is 701 g/mol. The van der Waals surface area contributed by atoms with Crippen LogP contribution in [-0.4, -0.2) is 89.0 Å². The maximum absolute atomic E-state index is 12.0. The van der Waals surface area contributed by atoms with Crippen LogP contribution in [0.5, 0.6) is 5.75 Å². The van der Waals surface area contributed by atoms with Gasteiger partial charge in [-0.05, 0) is 73.9 Å². The maximum atomic E-state index is 12.0. The summed E-state index contributed by atoms with van der Waals surface area (Å²) in [6.45, 7) is 9.84. The van der Waals surface area contributed by atoms with E-state index >= 15 is 0 Å². The molecule has 4 aliphatic rings. The second kappa shape index (κ2) is 16.9. The number of benzene rings is 2. The standard InChI is InChI=1S/C42H57N3O6/c1-30(43-26-39(47)31(2)37-17-18-41(48)44-38(37)28-46)25-32-13-15-36(16-14-32)50-24-8-21-45-22-19-33(20-23-45)40(27-45)51-29-42(49,35-11-6-7-12-35)34-9-4-3-5-10-34/h3-5,9-10,13-18,28,30,33,35,39-40,43,47,49H,6-8,11-12,19-27,29H2,1-2H3,(H-,44,46,48)/p+1/b37-31+,38-28-/t30-,33?,39+,40+,42?,45?/m1/s1. The molecule has 3 aliphatic heterocycles. The van der Waals surface area contributed by atoms with Crippen molar-refractivity contribution in [3.05, 3.63) is 98.8 Å². The van der Waals surface area contributed by atoms with E-state index in [2.05, 4.69) is 41.5 Å².